The van der Waals surface area contributed by atoms with Crippen molar-refractivity contribution in [2.24, 2.45) is 0 Å². The first-order valence-electron chi connectivity index (χ1n) is 4.30. The molecule has 5 nitrogen and oxygen atoms in total. The summed E-state index contributed by atoms with van der Waals surface area (Å²) in [5, 5.41) is 8.79. The second-order valence-corrected chi connectivity index (χ2v) is 4.20. The summed E-state index contributed by atoms with van der Waals surface area (Å²) in [5.41, 5.74) is -0.377. The van der Waals surface area contributed by atoms with Crippen molar-refractivity contribution < 1.29 is 9.90 Å². The molecule has 0 spiro atoms. The number of nitrogens with one attached hydrogen (secondary N) is 1. The summed E-state index contributed by atoms with van der Waals surface area (Å²) in [6, 6.07) is 0. The maximum atomic E-state index is 11.5. The van der Waals surface area contributed by atoms with Crippen LogP contribution >= 0.6 is 0 Å². The molecule has 5 heteroatoms. The molecule has 2 N–H and O–H groups in total. The highest BCUT2D eigenvalue weighted by atomic mass is 16.4. The average molecular weight is 198 g/mol. The van der Waals surface area contributed by atoms with Gasteiger partial charge in [0, 0.05) is 5.54 Å². The second kappa shape index (κ2) is 3.01. The fraction of sp³-hybridized carbons (Fsp3) is 0.556. The Labute approximate surface area is 81.4 Å². The lowest BCUT2D eigenvalue weighted by atomic mass is 10.1. The third-order valence-corrected chi connectivity index (χ3v) is 2.02. The summed E-state index contributed by atoms with van der Waals surface area (Å²) in [6.45, 7) is 7.16. The molecule has 0 radical (unpaired) electrons. The van der Waals surface area contributed by atoms with E-state index in [-0.39, 0.29) is 11.4 Å². The number of hydrogen-bond donors (Lipinski definition) is 2. The van der Waals surface area contributed by atoms with E-state index in [0.29, 0.717) is 5.69 Å². The number of carbonyl (C=O) groups is 1. The van der Waals surface area contributed by atoms with Gasteiger partial charge in [-0.25, -0.2) is 9.59 Å². The van der Waals surface area contributed by atoms with Crippen LogP contribution in [0.5, 0.6) is 0 Å². The van der Waals surface area contributed by atoms with Gasteiger partial charge in [0.2, 0.25) is 0 Å². The van der Waals surface area contributed by atoms with E-state index in [4.69, 9.17) is 5.11 Å². The van der Waals surface area contributed by atoms with E-state index < -0.39 is 11.5 Å². The molecule has 1 heterocycles. The van der Waals surface area contributed by atoms with Gasteiger partial charge in [0.15, 0.2) is 0 Å². The van der Waals surface area contributed by atoms with Crippen LogP contribution in [0.3, 0.4) is 0 Å². The third kappa shape index (κ3) is 1.57. The average Bonchev–Trinajstić information content (AvgIpc) is 2.24. The van der Waals surface area contributed by atoms with Crippen molar-refractivity contribution >= 4 is 5.97 Å². The molecule has 0 aliphatic heterocycles. The Morgan fingerprint density at radius 3 is 2.14 bits per heavy atom. The molecule has 1 aromatic rings. The van der Waals surface area contributed by atoms with Crippen molar-refractivity contribution in [3.8, 4) is 0 Å². The first-order chi connectivity index (χ1) is 6.25. The van der Waals surface area contributed by atoms with Crippen molar-refractivity contribution in [2.45, 2.75) is 33.2 Å². The van der Waals surface area contributed by atoms with Crippen LogP contribution in [0.15, 0.2) is 4.79 Å². The lowest BCUT2D eigenvalue weighted by Gasteiger charge is -2.21. The summed E-state index contributed by atoms with van der Waals surface area (Å²) >= 11 is 0. The van der Waals surface area contributed by atoms with Crippen LogP contribution in [-0.2, 0) is 5.54 Å². The van der Waals surface area contributed by atoms with Crippen molar-refractivity contribution in [3.63, 3.8) is 0 Å². The van der Waals surface area contributed by atoms with Gasteiger partial charge < -0.3 is 5.11 Å². The molecular weight excluding hydrogens is 184 g/mol. The maximum absolute atomic E-state index is 11.5. The Hall–Kier alpha value is -1.52. The monoisotopic (exact) mass is 198 g/mol. The molecular formula is C9H14N2O3. The fourth-order valence-corrected chi connectivity index (χ4v) is 1.53. The van der Waals surface area contributed by atoms with E-state index in [1.807, 2.05) is 20.8 Å². The molecule has 1 aromatic heterocycles. The van der Waals surface area contributed by atoms with E-state index in [9.17, 15) is 9.59 Å². The minimum Gasteiger partial charge on any atom is -0.477 e. The molecule has 78 valence electrons. The number of nitrogens with zero attached hydrogens (tertiary/aromatic N) is 1. The predicted molar refractivity (Wildman–Crippen MR) is 51.7 cm³/mol. The number of aromatic nitrogens is 2. The number of hydrogen-bond acceptors (Lipinski definition) is 2. The van der Waals surface area contributed by atoms with Gasteiger partial charge in [0.25, 0.3) is 0 Å². The van der Waals surface area contributed by atoms with Gasteiger partial charge in [-0.1, -0.05) is 0 Å². The van der Waals surface area contributed by atoms with Gasteiger partial charge in [0.1, 0.15) is 5.69 Å². The van der Waals surface area contributed by atoms with Gasteiger partial charge in [-0.2, -0.15) is 0 Å². The van der Waals surface area contributed by atoms with E-state index in [0.717, 1.165) is 0 Å². The molecule has 0 unspecified atom stereocenters. The largest absolute Gasteiger partial charge is 0.477 e. The molecule has 0 aliphatic carbocycles. The smallest absolute Gasteiger partial charge is 0.354 e. The molecule has 0 saturated carbocycles. The van der Waals surface area contributed by atoms with Gasteiger partial charge in [-0.15, -0.1) is 0 Å². The zero-order valence-electron chi connectivity index (χ0n) is 8.71. The van der Waals surface area contributed by atoms with Crippen LogP contribution in [0, 0.1) is 6.92 Å². The number of H-pyrrole nitrogens is 1. The minimum absolute atomic E-state index is 0.0371. The predicted octanol–water partition coefficient (Wildman–Crippen LogP) is 0.938. The van der Waals surface area contributed by atoms with Gasteiger partial charge in [-0.05, 0) is 27.7 Å². The summed E-state index contributed by atoms with van der Waals surface area (Å²) in [6.07, 6.45) is 0. The highest BCUT2D eigenvalue weighted by molar-refractivity contribution is 5.86. The zero-order valence-corrected chi connectivity index (χ0v) is 8.71. The standard InChI is InChI=1S/C9H14N2O3/c1-5-6(7(12)13)10-8(14)11(5)9(2,3)4/h1-4H3,(H,10,14)(H,12,13). The Balaban J connectivity index is 3.48. The lowest BCUT2D eigenvalue weighted by molar-refractivity contribution is 0.0690. The highest BCUT2D eigenvalue weighted by Crippen LogP contribution is 2.15. The van der Waals surface area contributed by atoms with Crippen LogP contribution in [-0.4, -0.2) is 20.6 Å². The van der Waals surface area contributed by atoms with Gasteiger partial charge in [0.05, 0.1) is 5.69 Å². The number of rotatable bonds is 1. The summed E-state index contributed by atoms with van der Waals surface area (Å²) in [5.74, 6) is -1.11. The number of carboxylic acids is 1. The molecule has 14 heavy (non-hydrogen) atoms. The molecule has 0 fully saturated rings. The Kier molecular flexibility index (Phi) is 2.27. The summed E-state index contributed by atoms with van der Waals surface area (Å²) in [4.78, 5) is 24.5. The minimum atomic E-state index is -1.11. The Bertz CT molecular complexity index is 420. The second-order valence-electron chi connectivity index (χ2n) is 4.20. The SMILES string of the molecule is Cc1c(C(=O)O)[nH]c(=O)n1C(C)(C)C. The van der Waals surface area contributed by atoms with Crippen LogP contribution in [0.25, 0.3) is 0 Å². The molecule has 1 rings (SSSR count). The van der Waals surface area contributed by atoms with Crippen molar-refractivity contribution in [2.75, 3.05) is 0 Å². The molecule has 0 bridgehead atoms. The number of aromatic amines is 1. The van der Waals surface area contributed by atoms with Crippen molar-refractivity contribution in [1.29, 1.82) is 0 Å². The Morgan fingerprint density at radius 1 is 1.43 bits per heavy atom. The van der Waals surface area contributed by atoms with Crippen molar-refractivity contribution in [3.05, 3.63) is 21.9 Å². The zero-order chi connectivity index (χ0) is 11.1. The fourth-order valence-electron chi connectivity index (χ4n) is 1.53. The van der Waals surface area contributed by atoms with Gasteiger partial charge >= 0.3 is 11.7 Å². The van der Waals surface area contributed by atoms with E-state index in [1.54, 1.807) is 6.92 Å². The normalized spacial score (nSPS) is 11.7. The quantitative estimate of drug-likeness (QED) is 0.705. The maximum Gasteiger partial charge on any atom is 0.354 e. The van der Waals surface area contributed by atoms with Crippen LogP contribution in [0.4, 0.5) is 0 Å². The van der Waals surface area contributed by atoms with E-state index in [2.05, 4.69) is 4.98 Å². The lowest BCUT2D eigenvalue weighted by Crippen LogP contribution is -2.32. The first kappa shape index (κ1) is 10.6. The third-order valence-electron chi connectivity index (χ3n) is 2.02. The first-order valence-corrected chi connectivity index (χ1v) is 4.30. The molecule has 0 saturated heterocycles. The molecule has 0 aliphatic rings. The van der Waals surface area contributed by atoms with Crippen molar-refractivity contribution in [1.82, 2.24) is 9.55 Å². The van der Waals surface area contributed by atoms with Crippen LogP contribution < -0.4 is 5.69 Å². The molecule has 0 aromatic carbocycles. The number of carboxylic acid groups (broad SMARTS) is 1. The van der Waals surface area contributed by atoms with Crippen LogP contribution in [0.2, 0.25) is 0 Å². The van der Waals surface area contributed by atoms with E-state index >= 15 is 0 Å². The van der Waals surface area contributed by atoms with E-state index in [1.165, 1.54) is 4.57 Å². The number of aromatic carboxylic acids is 1. The van der Waals surface area contributed by atoms with Crippen LogP contribution in [0.1, 0.15) is 37.0 Å². The highest BCUT2D eigenvalue weighted by Gasteiger charge is 2.23. The summed E-state index contributed by atoms with van der Waals surface area (Å²) in [7, 11) is 0. The summed E-state index contributed by atoms with van der Waals surface area (Å²) < 4.78 is 1.44. The number of imidazole rings is 1. The van der Waals surface area contributed by atoms with Gasteiger partial charge in [-0.3, -0.25) is 9.55 Å². The topological polar surface area (TPSA) is 75.1 Å². The Morgan fingerprint density at radius 2 is 1.93 bits per heavy atom. The molecule has 0 amide bonds. The molecule has 0 atom stereocenters.